The van der Waals surface area contributed by atoms with Gasteiger partial charge in [0.25, 0.3) is 0 Å². The Labute approximate surface area is 159 Å². The van der Waals surface area contributed by atoms with Crippen LogP contribution in [-0.4, -0.2) is 29.9 Å². The number of rotatable bonds is 7. The van der Waals surface area contributed by atoms with Crippen LogP contribution < -0.4 is 0 Å². The molecule has 0 radical (unpaired) electrons. The summed E-state index contributed by atoms with van der Waals surface area (Å²) in [5.74, 6) is 2.14. The van der Waals surface area contributed by atoms with E-state index in [2.05, 4.69) is 26.7 Å². The lowest BCUT2D eigenvalue weighted by atomic mass is 9.68. The summed E-state index contributed by atoms with van der Waals surface area (Å²) in [5, 5.41) is 0. The first-order valence-electron chi connectivity index (χ1n) is 10.2. The third-order valence-electron chi connectivity index (χ3n) is 7.97. The van der Waals surface area contributed by atoms with Crippen LogP contribution in [0.25, 0.3) is 0 Å². The van der Waals surface area contributed by atoms with Crippen molar-refractivity contribution in [2.75, 3.05) is 5.75 Å². The summed E-state index contributed by atoms with van der Waals surface area (Å²) in [7, 11) is -3.57. The molecule has 5 heteroatoms. The Morgan fingerprint density at radius 1 is 1.15 bits per heavy atom. The number of amides is 1. The predicted molar refractivity (Wildman–Crippen MR) is 104 cm³/mol. The van der Waals surface area contributed by atoms with E-state index in [1.807, 2.05) is 0 Å². The minimum atomic E-state index is -3.57. The highest BCUT2D eigenvalue weighted by atomic mass is 32.2. The van der Waals surface area contributed by atoms with E-state index in [1.165, 1.54) is 4.31 Å². The fourth-order valence-corrected chi connectivity index (χ4v) is 8.98. The van der Waals surface area contributed by atoms with Crippen molar-refractivity contribution in [3.8, 4) is 12.3 Å². The summed E-state index contributed by atoms with van der Waals surface area (Å²) in [5.41, 5.74) is -0.827. The maximum atomic E-state index is 13.5. The topological polar surface area (TPSA) is 54.5 Å². The standard InChI is InChI=1S/C21H33NO3S/c1-5-7-8-9-11-17(10-6-2)18(23)22-21-14-12-20(13-15-21,19(21,3)4)16-26(22,24)25/h2,17H,5,7-16H2,1,3-4H3/t17-,20?,21?/m1/s1. The normalized spacial score (nSPS) is 34.5. The second-order valence-corrected chi connectivity index (χ2v) is 11.1. The van der Waals surface area contributed by atoms with Gasteiger partial charge in [-0.1, -0.05) is 46.5 Å². The molecule has 1 aliphatic heterocycles. The SMILES string of the molecule is C#CC[C@H](CCCCCC)C(=O)N1C23CCC(CC2)(CS1(=O)=O)C3(C)C. The molecule has 2 saturated carbocycles. The first kappa shape index (κ1) is 19.7. The zero-order valence-corrected chi connectivity index (χ0v) is 17.3. The van der Waals surface area contributed by atoms with Gasteiger partial charge >= 0.3 is 0 Å². The second-order valence-electron chi connectivity index (χ2n) is 9.25. The highest BCUT2D eigenvalue weighted by Crippen LogP contribution is 2.73. The zero-order valence-electron chi connectivity index (χ0n) is 16.5. The first-order chi connectivity index (χ1) is 12.2. The number of unbranched alkanes of at least 4 members (excludes halogenated alkanes) is 3. The number of sulfonamides is 1. The number of hydrogen-bond donors (Lipinski definition) is 0. The summed E-state index contributed by atoms with van der Waals surface area (Å²) in [6, 6.07) is 0. The fourth-order valence-electron chi connectivity index (χ4n) is 6.13. The van der Waals surface area contributed by atoms with E-state index < -0.39 is 15.6 Å². The third kappa shape index (κ3) is 2.55. The molecule has 0 unspecified atom stereocenters. The molecule has 1 heterocycles. The van der Waals surface area contributed by atoms with Crippen LogP contribution in [0.5, 0.6) is 0 Å². The number of carbonyl (C=O) groups excluding carboxylic acids is 1. The van der Waals surface area contributed by atoms with Crippen molar-refractivity contribution in [1.82, 2.24) is 4.31 Å². The molecule has 1 amide bonds. The molecule has 2 aliphatic carbocycles. The van der Waals surface area contributed by atoms with E-state index in [1.54, 1.807) is 0 Å². The van der Waals surface area contributed by atoms with Crippen molar-refractivity contribution in [2.24, 2.45) is 16.7 Å². The minimum absolute atomic E-state index is 0.124. The Morgan fingerprint density at radius 3 is 2.38 bits per heavy atom. The summed E-state index contributed by atoms with van der Waals surface area (Å²) in [6.45, 7) is 6.51. The Morgan fingerprint density at radius 2 is 1.81 bits per heavy atom. The van der Waals surface area contributed by atoms with Crippen LogP contribution in [0.15, 0.2) is 0 Å². The molecule has 3 fully saturated rings. The first-order valence-corrected chi connectivity index (χ1v) is 11.8. The van der Waals surface area contributed by atoms with E-state index in [0.29, 0.717) is 12.8 Å². The molecule has 146 valence electrons. The monoisotopic (exact) mass is 379 g/mol. The van der Waals surface area contributed by atoms with E-state index in [9.17, 15) is 13.2 Å². The van der Waals surface area contributed by atoms with Crippen molar-refractivity contribution >= 4 is 15.9 Å². The molecule has 2 bridgehead atoms. The number of terminal acetylenes is 1. The van der Waals surface area contributed by atoms with Crippen LogP contribution in [-0.2, 0) is 14.8 Å². The quantitative estimate of drug-likeness (QED) is 0.494. The average molecular weight is 380 g/mol. The molecule has 3 rings (SSSR count). The van der Waals surface area contributed by atoms with Gasteiger partial charge in [0, 0.05) is 6.42 Å². The lowest BCUT2D eigenvalue weighted by molar-refractivity contribution is -0.138. The van der Waals surface area contributed by atoms with Crippen LogP contribution in [0.1, 0.15) is 85.0 Å². The molecular formula is C21H33NO3S. The van der Waals surface area contributed by atoms with Gasteiger partial charge in [-0.25, -0.2) is 12.7 Å². The number of carbonyl (C=O) groups is 1. The average Bonchev–Trinajstić information content (AvgIpc) is 2.80. The van der Waals surface area contributed by atoms with Gasteiger partial charge in [0.05, 0.1) is 17.2 Å². The van der Waals surface area contributed by atoms with Gasteiger partial charge in [0.1, 0.15) is 0 Å². The number of nitrogens with zero attached hydrogens (tertiary/aromatic N) is 1. The Balaban J connectivity index is 1.90. The fraction of sp³-hybridized carbons (Fsp3) is 0.857. The third-order valence-corrected chi connectivity index (χ3v) is 9.97. The van der Waals surface area contributed by atoms with Crippen LogP contribution in [0.2, 0.25) is 0 Å². The molecule has 1 saturated heterocycles. The van der Waals surface area contributed by atoms with Crippen molar-refractivity contribution in [2.45, 2.75) is 90.5 Å². The van der Waals surface area contributed by atoms with E-state index in [-0.39, 0.29) is 28.4 Å². The highest BCUT2D eigenvalue weighted by Gasteiger charge is 2.76. The molecule has 1 atom stereocenters. The van der Waals surface area contributed by atoms with Gasteiger partial charge in [0.2, 0.25) is 15.9 Å². The molecule has 0 aromatic carbocycles. The van der Waals surface area contributed by atoms with Crippen molar-refractivity contribution in [3.05, 3.63) is 0 Å². The maximum absolute atomic E-state index is 13.5. The van der Waals surface area contributed by atoms with Gasteiger partial charge in [-0.2, -0.15) is 0 Å². The van der Waals surface area contributed by atoms with E-state index >= 15 is 0 Å². The van der Waals surface area contributed by atoms with Gasteiger partial charge in [-0.05, 0) is 42.9 Å². The lowest BCUT2D eigenvalue weighted by Gasteiger charge is -2.53. The largest absolute Gasteiger partial charge is 0.273 e. The predicted octanol–water partition coefficient (Wildman–Crippen LogP) is 4.11. The smallest absolute Gasteiger partial charge is 0.240 e. The highest BCUT2D eigenvalue weighted by molar-refractivity contribution is 7.89. The summed E-state index contributed by atoms with van der Waals surface area (Å²) in [4.78, 5) is 13.5. The molecule has 0 aromatic heterocycles. The van der Waals surface area contributed by atoms with Crippen molar-refractivity contribution in [3.63, 3.8) is 0 Å². The molecule has 3 aliphatic rings. The van der Waals surface area contributed by atoms with Gasteiger partial charge in [-0.3, -0.25) is 4.79 Å². The summed E-state index contributed by atoms with van der Waals surface area (Å²) >= 11 is 0. The Kier molecular flexibility index (Phi) is 4.97. The zero-order chi connectivity index (χ0) is 19.2. The van der Waals surface area contributed by atoms with Gasteiger partial charge < -0.3 is 0 Å². The van der Waals surface area contributed by atoms with Crippen molar-refractivity contribution < 1.29 is 13.2 Å². The molecule has 0 spiro atoms. The molecule has 4 nitrogen and oxygen atoms in total. The van der Waals surface area contributed by atoms with Crippen LogP contribution in [0.3, 0.4) is 0 Å². The molecule has 26 heavy (non-hydrogen) atoms. The number of hydrogen-bond acceptors (Lipinski definition) is 3. The maximum Gasteiger partial charge on any atom is 0.240 e. The van der Waals surface area contributed by atoms with Crippen molar-refractivity contribution in [1.29, 1.82) is 0 Å². The van der Waals surface area contributed by atoms with E-state index in [4.69, 9.17) is 6.42 Å². The van der Waals surface area contributed by atoms with Crippen LogP contribution in [0, 0.1) is 29.1 Å². The van der Waals surface area contributed by atoms with E-state index in [0.717, 1.165) is 51.4 Å². The van der Waals surface area contributed by atoms with Crippen LogP contribution >= 0.6 is 0 Å². The molecule has 0 aromatic rings. The second kappa shape index (κ2) is 6.55. The Bertz CT molecular complexity index is 708. The summed E-state index contributed by atoms with van der Waals surface area (Å²) in [6.07, 6.45) is 14.3. The van der Waals surface area contributed by atoms with Gasteiger partial charge in [-0.15, -0.1) is 12.3 Å². The molecular weight excluding hydrogens is 346 g/mol. The molecule has 0 N–H and O–H groups in total. The lowest BCUT2D eigenvalue weighted by Crippen LogP contribution is -2.64. The van der Waals surface area contributed by atoms with Gasteiger partial charge in [0.15, 0.2) is 0 Å². The minimum Gasteiger partial charge on any atom is -0.273 e. The Hall–Kier alpha value is -1.02. The van der Waals surface area contributed by atoms with Crippen LogP contribution in [0.4, 0.5) is 0 Å². The summed E-state index contributed by atoms with van der Waals surface area (Å²) < 4.78 is 27.7.